The van der Waals surface area contributed by atoms with Crippen molar-refractivity contribution in [3.05, 3.63) is 35.9 Å². The van der Waals surface area contributed by atoms with Crippen molar-refractivity contribution in [2.24, 2.45) is 0 Å². The third-order valence-electron chi connectivity index (χ3n) is 2.08. The smallest absolute Gasteiger partial charge is 0.332 e. The van der Waals surface area contributed by atoms with Gasteiger partial charge in [0, 0.05) is 11.8 Å². The van der Waals surface area contributed by atoms with Crippen LogP contribution >= 0.6 is 12.6 Å². The fourth-order valence-electron chi connectivity index (χ4n) is 1.37. The summed E-state index contributed by atoms with van der Waals surface area (Å²) in [6.07, 6.45) is 0.751. The van der Waals surface area contributed by atoms with Crippen LogP contribution in [0.4, 0.5) is 4.79 Å². The summed E-state index contributed by atoms with van der Waals surface area (Å²) in [7, 11) is 1.40. The van der Waals surface area contributed by atoms with Crippen molar-refractivity contribution < 1.29 is 9.63 Å². The van der Waals surface area contributed by atoms with Crippen LogP contribution in [-0.2, 0) is 11.3 Å². The molecule has 1 aromatic carbocycles. The summed E-state index contributed by atoms with van der Waals surface area (Å²) < 4.78 is 0. The molecule has 0 saturated heterocycles. The fourth-order valence-corrected chi connectivity index (χ4v) is 1.59. The van der Waals surface area contributed by atoms with Crippen molar-refractivity contribution in [1.29, 1.82) is 0 Å². The predicted molar refractivity (Wildman–Crippen MR) is 66.5 cm³/mol. The van der Waals surface area contributed by atoms with E-state index in [1.165, 1.54) is 12.7 Å². The average Bonchev–Trinajstić information content (AvgIpc) is 2.30. The molecule has 0 spiro atoms. The van der Waals surface area contributed by atoms with Crippen LogP contribution in [0.25, 0.3) is 0 Å². The Morgan fingerprint density at radius 1 is 1.44 bits per heavy atom. The predicted octanol–water partition coefficient (Wildman–Crippen LogP) is 1.39. The Morgan fingerprint density at radius 2 is 2.12 bits per heavy atom. The molecule has 2 amide bonds. The number of benzene rings is 1. The summed E-state index contributed by atoms with van der Waals surface area (Å²) in [5.41, 5.74) is 3.38. The zero-order valence-corrected chi connectivity index (χ0v) is 10.0. The van der Waals surface area contributed by atoms with Gasteiger partial charge in [-0.1, -0.05) is 30.3 Å². The molecule has 1 atom stereocenters. The number of urea groups is 1. The van der Waals surface area contributed by atoms with Gasteiger partial charge in [-0.15, -0.1) is 0 Å². The van der Waals surface area contributed by atoms with Gasteiger partial charge < -0.3 is 5.32 Å². The number of nitrogens with one attached hydrogen (secondary N) is 2. The molecule has 0 heterocycles. The van der Waals surface area contributed by atoms with Crippen molar-refractivity contribution in [2.45, 2.75) is 12.5 Å². The lowest BCUT2D eigenvalue weighted by Crippen LogP contribution is -2.43. The zero-order chi connectivity index (χ0) is 11.8. The van der Waals surface area contributed by atoms with E-state index >= 15 is 0 Å². The molecular weight excluding hydrogens is 224 g/mol. The van der Waals surface area contributed by atoms with E-state index in [-0.39, 0.29) is 12.1 Å². The highest BCUT2D eigenvalue weighted by molar-refractivity contribution is 7.80. The topological polar surface area (TPSA) is 50.4 Å². The standard InChI is InChI=1S/C11H16N2O2S/c1-15-13-11(14)12-10(8-16)7-9-5-3-2-4-6-9/h2-6,10,16H,7-8H2,1H3,(H2,12,13,14). The van der Waals surface area contributed by atoms with Crippen LogP contribution < -0.4 is 10.8 Å². The quantitative estimate of drug-likeness (QED) is 0.538. The highest BCUT2D eigenvalue weighted by atomic mass is 32.1. The largest absolute Gasteiger partial charge is 0.338 e. The van der Waals surface area contributed by atoms with Crippen molar-refractivity contribution >= 4 is 18.7 Å². The molecule has 0 aliphatic rings. The number of thiol groups is 1. The second-order valence-electron chi connectivity index (χ2n) is 3.35. The number of rotatable bonds is 5. The molecule has 1 aromatic rings. The SMILES string of the molecule is CONC(=O)NC(CS)Cc1ccccc1. The second-order valence-corrected chi connectivity index (χ2v) is 3.71. The first-order chi connectivity index (χ1) is 7.76. The molecule has 0 radical (unpaired) electrons. The lowest BCUT2D eigenvalue weighted by molar-refractivity contribution is 0.106. The number of carbonyl (C=O) groups excluding carboxylic acids is 1. The summed E-state index contributed by atoms with van der Waals surface area (Å²) in [5, 5.41) is 2.76. The maximum atomic E-state index is 11.2. The molecule has 0 saturated carbocycles. The lowest BCUT2D eigenvalue weighted by atomic mass is 10.1. The highest BCUT2D eigenvalue weighted by Crippen LogP contribution is 2.04. The highest BCUT2D eigenvalue weighted by Gasteiger charge is 2.10. The second kappa shape index (κ2) is 7.14. The minimum Gasteiger partial charge on any atom is -0.332 e. The van der Waals surface area contributed by atoms with E-state index in [1.807, 2.05) is 30.3 Å². The van der Waals surface area contributed by atoms with Gasteiger partial charge in [-0.25, -0.2) is 10.3 Å². The van der Waals surface area contributed by atoms with E-state index in [9.17, 15) is 4.79 Å². The molecule has 1 unspecified atom stereocenters. The molecular formula is C11H16N2O2S. The van der Waals surface area contributed by atoms with Gasteiger partial charge in [-0.3, -0.25) is 4.84 Å². The lowest BCUT2D eigenvalue weighted by Gasteiger charge is -2.16. The first-order valence-corrected chi connectivity index (χ1v) is 5.63. The maximum absolute atomic E-state index is 11.2. The Labute approximate surface area is 101 Å². The first-order valence-electron chi connectivity index (χ1n) is 5.00. The Balaban J connectivity index is 2.46. The third-order valence-corrected chi connectivity index (χ3v) is 2.52. The van der Waals surface area contributed by atoms with E-state index in [1.54, 1.807) is 0 Å². The van der Waals surface area contributed by atoms with Crippen LogP contribution in [-0.4, -0.2) is 24.9 Å². The van der Waals surface area contributed by atoms with Gasteiger partial charge >= 0.3 is 6.03 Å². The molecule has 2 N–H and O–H groups in total. The fraction of sp³-hybridized carbons (Fsp3) is 0.364. The first kappa shape index (κ1) is 12.9. The summed E-state index contributed by atoms with van der Waals surface area (Å²) in [6, 6.07) is 9.59. The van der Waals surface area contributed by atoms with E-state index < -0.39 is 0 Å². The molecule has 88 valence electrons. The number of hydrogen-bond donors (Lipinski definition) is 3. The van der Waals surface area contributed by atoms with Gasteiger partial charge in [-0.05, 0) is 12.0 Å². The number of carbonyl (C=O) groups is 1. The zero-order valence-electron chi connectivity index (χ0n) is 9.14. The van der Waals surface area contributed by atoms with Gasteiger partial charge in [0.15, 0.2) is 0 Å². The molecule has 4 nitrogen and oxygen atoms in total. The molecule has 5 heteroatoms. The van der Waals surface area contributed by atoms with Crippen molar-refractivity contribution in [2.75, 3.05) is 12.9 Å². The summed E-state index contributed by atoms with van der Waals surface area (Å²) in [6.45, 7) is 0. The van der Waals surface area contributed by atoms with Gasteiger partial charge in [0.05, 0.1) is 7.11 Å². The van der Waals surface area contributed by atoms with Gasteiger partial charge in [0.25, 0.3) is 0 Å². The molecule has 0 bridgehead atoms. The minimum absolute atomic E-state index is 0.0131. The van der Waals surface area contributed by atoms with Crippen LogP contribution in [0, 0.1) is 0 Å². The number of amides is 2. The van der Waals surface area contributed by atoms with Crippen molar-refractivity contribution in [1.82, 2.24) is 10.8 Å². The van der Waals surface area contributed by atoms with Crippen LogP contribution in [0.5, 0.6) is 0 Å². The normalized spacial score (nSPS) is 11.9. The van der Waals surface area contributed by atoms with Crippen LogP contribution in [0.15, 0.2) is 30.3 Å². The van der Waals surface area contributed by atoms with Gasteiger partial charge in [0.2, 0.25) is 0 Å². The Bertz CT molecular complexity index is 319. The Hall–Kier alpha value is -1.20. The van der Waals surface area contributed by atoms with Crippen LogP contribution in [0.3, 0.4) is 0 Å². The van der Waals surface area contributed by atoms with Crippen LogP contribution in [0.1, 0.15) is 5.56 Å². The van der Waals surface area contributed by atoms with Gasteiger partial charge in [-0.2, -0.15) is 12.6 Å². The van der Waals surface area contributed by atoms with Gasteiger partial charge in [0.1, 0.15) is 0 Å². The summed E-state index contributed by atoms with van der Waals surface area (Å²) >= 11 is 4.21. The van der Waals surface area contributed by atoms with Crippen LogP contribution in [0.2, 0.25) is 0 Å². The molecule has 0 aromatic heterocycles. The molecule has 1 rings (SSSR count). The number of hydrogen-bond acceptors (Lipinski definition) is 3. The van der Waals surface area contributed by atoms with E-state index in [0.29, 0.717) is 5.75 Å². The monoisotopic (exact) mass is 240 g/mol. The van der Waals surface area contributed by atoms with E-state index in [4.69, 9.17) is 0 Å². The molecule has 0 aliphatic heterocycles. The third kappa shape index (κ3) is 4.55. The molecule has 0 fully saturated rings. The number of hydroxylamine groups is 1. The minimum atomic E-state index is -0.350. The molecule has 16 heavy (non-hydrogen) atoms. The van der Waals surface area contributed by atoms with E-state index in [0.717, 1.165) is 6.42 Å². The maximum Gasteiger partial charge on any atom is 0.338 e. The van der Waals surface area contributed by atoms with Crippen molar-refractivity contribution in [3.8, 4) is 0 Å². The van der Waals surface area contributed by atoms with E-state index in [2.05, 4.69) is 28.3 Å². The Kier molecular flexibility index (Phi) is 5.74. The molecule has 0 aliphatic carbocycles. The average molecular weight is 240 g/mol. The van der Waals surface area contributed by atoms with Crippen molar-refractivity contribution in [3.63, 3.8) is 0 Å². The summed E-state index contributed by atoms with van der Waals surface area (Å²) in [4.78, 5) is 15.7. The Morgan fingerprint density at radius 3 is 2.69 bits per heavy atom. The summed E-state index contributed by atoms with van der Waals surface area (Å²) in [5.74, 6) is 0.575.